The number of Topliss-reactive ketones (excluding diaryl/α,β-unsaturated/α-hetero) is 1. The highest BCUT2D eigenvalue weighted by molar-refractivity contribution is 6.12. The third kappa shape index (κ3) is 3.26. The largest absolute Gasteiger partial charge is 0.494 e. The van der Waals surface area contributed by atoms with Gasteiger partial charge in [0.25, 0.3) is 11.5 Å². The fourth-order valence-corrected chi connectivity index (χ4v) is 3.84. The zero-order valence-corrected chi connectivity index (χ0v) is 17.7. The van der Waals surface area contributed by atoms with Gasteiger partial charge in [-0.05, 0) is 32.0 Å². The second kappa shape index (κ2) is 7.71. The van der Waals surface area contributed by atoms with Crippen LogP contribution < -0.4 is 15.6 Å². The highest BCUT2D eigenvalue weighted by Gasteiger charge is 2.22. The Hall–Kier alpha value is -3.94. The molecule has 3 aromatic heterocycles. The number of aryl methyl sites for hydroxylation is 1. The minimum Gasteiger partial charge on any atom is -0.494 e. The lowest BCUT2D eigenvalue weighted by Crippen LogP contribution is -2.23. The summed E-state index contributed by atoms with van der Waals surface area (Å²) in [5.74, 6) is 0.0737. The van der Waals surface area contributed by atoms with Crippen molar-refractivity contribution in [3.8, 4) is 16.9 Å². The van der Waals surface area contributed by atoms with Gasteiger partial charge < -0.3 is 19.6 Å². The lowest BCUT2D eigenvalue weighted by atomic mass is 9.95. The number of methoxy groups -OCH3 is 1. The van der Waals surface area contributed by atoms with Gasteiger partial charge >= 0.3 is 0 Å². The second-order valence-corrected chi connectivity index (χ2v) is 7.25. The van der Waals surface area contributed by atoms with Gasteiger partial charge in [0.15, 0.2) is 11.5 Å². The molecule has 4 aromatic rings. The van der Waals surface area contributed by atoms with Gasteiger partial charge in [0, 0.05) is 53.4 Å². The number of aromatic amines is 1. The zero-order chi connectivity index (χ0) is 22.3. The van der Waals surface area contributed by atoms with E-state index in [9.17, 15) is 14.4 Å². The quantitative estimate of drug-likeness (QED) is 0.485. The molecule has 2 N–H and O–H groups in total. The van der Waals surface area contributed by atoms with Crippen molar-refractivity contribution in [2.45, 2.75) is 13.8 Å². The van der Waals surface area contributed by atoms with Crippen molar-refractivity contribution < 1.29 is 14.3 Å². The highest BCUT2D eigenvalue weighted by Crippen LogP contribution is 2.40. The number of nitrogens with zero attached hydrogens (tertiary/aromatic N) is 2. The molecule has 0 saturated heterocycles. The molecule has 0 aliphatic rings. The van der Waals surface area contributed by atoms with E-state index in [1.54, 1.807) is 37.6 Å². The fourth-order valence-electron chi connectivity index (χ4n) is 3.84. The number of aromatic nitrogens is 3. The maximum Gasteiger partial charge on any atom is 0.274 e. The molecule has 4 rings (SSSR count). The standard InChI is InChI=1S/C23H22N4O4/c1-5-24-22(29)18-10-15-17(11-27(3)23(30)20(15)26-18)16-9-14(12(2)28)13-7-6-8-25-19(13)21(16)31-4/h6-11,26H,5H2,1-4H3,(H,24,29). The summed E-state index contributed by atoms with van der Waals surface area (Å²) in [5, 5.41) is 3.98. The maximum atomic E-state index is 12.7. The van der Waals surface area contributed by atoms with E-state index >= 15 is 0 Å². The number of ether oxygens (including phenoxy) is 1. The molecule has 0 spiro atoms. The number of H-pyrrole nitrogens is 1. The predicted molar refractivity (Wildman–Crippen MR) is 119 cm³/mol. The minimum absolute atomic E-state index is 0.111. The first-order valence-corrected chi connectivity index (χ1v) is 9.84. The van der Waals surface area contributed by atoms with Crippen LogP contribution in [0, 0.1) is 0 Å². The average Bonchev–Trinajstić information content (AvgIpc) is 3.21. The number of fused-ring (bicyclic) bond motifs is 2. The Labute approximate surface area is 177 Å². The van der Waals surface area contributed by atoms with Gasteiger partial charge in [-0.3, -0.25) is 19.4 Å². The second-order valence-electron chi connectivity index (χ2n) is 7.25. The van der Waals surface area contributed by atoms with E-state index in [0.29, 0.717) is 50.8 Å². The first kappa shape index (κ1) is 20.3. The van der Waals surface area contributed by atoms with Crippen LogP contribution in [-0.2, 0) is 7.05 Å². The Bertz CT molecular complexity index is 1410. The van der Waals surface area contributed by atoms with Crippen molar-refractivity contribution in [1.82, 2.24) is 19.9 Å². The third-order valence-corrected chi connectivity index (χ3v) is 5.27. The minimum atomic E-state index is -0.303. The Morgan fingerprint density at radius 2 is 2.00 bits per heavy atom. The molecule has 0 radical (unpaired) electrons. The number of carbonyl (C=O) groups is 2. The summed E-state index contributed by atoms with van der Waals surface area (Å²) in [6, 6.07) is 6.99. The van der Waals surface area contributed by atoms with Crippen LogP contribution in [0.5, 0.6) is 5.75 Å². The molecule has 0 unspecified atom stereocenters. The Balaban J connectivity index is 2.12. The number of ketones is 1. The summed E-state index contributed by atoms with van der Waals surface area (Å²) >= 11 is 0. The van der Waals surface area contributed by atoms with Crippen molar-refractivity contribution in [3.05, 3.63) is 58.3 Å². The van der Waals surface area contributed by atoms with E-state index < -0.39 is 0 Å². The van der Waals surface area contributed by atoms with Crippen molar-refractivity contribution in [2.24, 2.45) is 7.05 Å². The zero-order valence-electron chi connectivity index (χ0n) is 17.7. The molecule has 8 heteroatoms. The molecular formula is C23H22N4O4. The molecule has 3 heterocycles. The monoisotopic (exact) mass is 418 g/mol. The van der Waals surface area contributed by atoms with Crippen LogP contribution >= 0.6 is 0 Å². The Morgan fingerprint density at radius 1 is 1.23 bits per heavy atom. The van der Waals surface area contributed by atoms with Gasteiger partial charge in [0.05, 0.1) is 7.11 Å². The predicted octanol–water partition coefficient (Wildman–Crippen LogP) is 3.04. The number of benzene rings is 1. The average molecular weight is 418 g/mol. The number of nitrogens with one attached hydrogen (secondary N) is 2. The maximum absolute atomic E-state index is 12.7. The van der Waals surface area contributed by atoms with E-state index in [2.05, 4.69) is 15.3 Å². The molecule has 31 heavy (non-hydrogen) atoms. The third-order valence-electron chi connectivity index (χ3n) is 5.27. The van der Waals surface area contributed by atoms with Crippen molar-refractivity contribution in [3.63, 3.8) is 0 Å². The molecule has 0 aliphatic heterocycles. The molecule has 0 fully saturated rings. The smallest absolute Gasteiger partial charge is 0.274 e. The summed E-state index contributed by atoms with van der Waals surface area (Å²) in [4.78, 5) is 44.9. The molecule has 0 aliphatic carbocycles. The normalized spacial score (nSPS) is 11.1. The lowest BCUT2D eigenvalue weighted by molar-refractivity contribution is 0.0950. The number of amides is 1. The Morgan fingerprint density at radius 3 is 2.68 bits per heavy atom. The van der Waals surface area contributed by atoms with E-state index in [1.807, 2.05) is 13.0 Å². The topological polar surface area (TPSA) is 106 Å². The van der Waals surface area contributed by atoms with Crippen molar-refractivity contribution >= 4 is 33.5 Å². The Kier molecular flexibility index (Phi) is 5.06. The van der Waals surface area contributed by atoms with E-state index in [1.165, 1.54) is 18.6 Å². The van der Waals surface area contributed by atoms with Crippen LogP contribution in [0.1, 0.15) is 34.7 Å². The van der Waals surface area contributed by atoms with E-state index in [4.69, 9.17) is 4.74 Å². The lowest BCUT2D eigenvalue weighted by Gasteiger charge is -2.15. The van der Waals surface area contributed by atoms with Gasteiger partial charge in [0.1, 0.15) is 16.7 Å². The van der Waals surface area contributed by atoms with Crippen molar-refractivity contribution in [1.29, 1.82) is 0 Å². The first-order chi connectivity index (χ1) is 14.9. The van der Waals surface area contributed by atoms with Crippen LogP contribution in [-0.4, -0.2) is 39.9 Å². The van der Waals surface area contributed by atoms with Crippen molar-refractivity contribution in [2.75, 3.05) is 13.7 Å². The van der Waals surface area contributed by atoms with Crippen LogP contribution in [0.3, 0.4) is 0 Å². The van der Waals surface area contributed by atoms with Gasteiger partial charge in [0.2, 0.25) is 0 Å². The fraction of sp³-hybridized carbons (Fsp3) is 0.217. The van der Waals surface area contributed by atoms with Crippen LogP contribution in [0.2, 0.25) is 0 Å². The van der Waals surface area contributed by atoms with E-state index in [-0.39, 0.29) is 22.9 Å². The molecule has 158 valence electrons. The molecule has 1 amide bonds. The van der Waals surface area contributed by atoms with E-state index in [0.717, 1.165) is 0 Å². The van der Waals surface area contributed by atoms with Crippen LogP contribution in [0.4, 0.5) is 0 Å². The number of hydrogen-bond donors (Lipinski definition) is 2. The number of rotatable bonds is 5. The van der Waals surface area contributed by atoms with Gasteiger partial charge in [-0.2, -0.15) is 0 Å². The molecule has 8 nitrogen and oxygen atoms in total. The van der Waals surface area contributed by atoms with Gasteiger partial charge in [-0.1, -0.05) is 6.07 Å². The first-order valence-electron chi connectivity index (χ1n) is 9.84. The number of hydrogen-bond acceptors (Lipinski definition) is 5. The highest BCUT2D eigenvalue weighted by atomic mass is 16.5. The molecule has 0 bridgehead atoms. The summed E-state index contributed by atoms with van der Waals surface area (Å²) in [6.07, 6.45) is 3.31. The molecule has 1 aromatic carbocycles. The summed E-state index contributed by atoms with van der Waals surface area (Å²) in [5.41, 5.74) is 2.63. The molecule has 0 saturated carbocycles. The van der Waals surface area contributed by atoms with Crippen LogP contribution in [0.25, 0.3) is 32.9 Å². The molecule has 0 atom stereocenters. The molecular weight excluding hydrogens is 396 g/mol. The summed E-state index contributed by atoms with van der Waals surface area (Å²) in [6.45, 7) is 3.78. The number of pyridine rings is 2. The SMILES string of the molecule is CCNC(=O)c1cc2c(-c3cc(C(C)=O)c4cccnc4c3OC)cn(C)c(=O)c2[nH]1. The van der Waals surface area contributed by atoms with Gasteiger partial charge in [-0.15, -0.1) is 0 Å². The van der Waals surface area contributed by atoms with Crippen LogP contribution in [0.15, 0.2) is 41.5 Å². The summed E-state index contributed by atoms with van der Waals surface area (Å²) < 4.78 is 7.14. The summed E-state index contributed by atoms with van der Waals surface area (Å²) in [7, 11) is 3.17. The van der Waals surface area contributed by atoms with Gasteiger partial charge in [-0.25, -0.2) is 0 Å². The number of carbonyl (C=O) groups excluding carboxylic acids is 2.